The highest BCUT2D eigenvalue weighted by atomic mass is 32.1. The summed E-state index contributed by atoms with van der Waals surface area (Å²) in [5.74, 6) is 0.382. The van der Waals surface area contributed by atoms with Crippen molar-refractivity contribution in [1.29, 1.82) is 0 Å². The Morgan fingerprint density at radius 2 is 2.00 bits per heavy atom. The zero-order valence-corrected chi connectivity index (χ0v) is 11.3. The van der Waals surface area contributed by atoms with Gasteiger partial charge >= 0.3 is 0 Å². The van der Waals surface area contributed by atoms with E-state index in [1.807, 2.05) is 24.3 Å². The Morgan fingerprint density at radius 1 is 1.26 bits per heavy atom. The molecule has 0 saturated heterocycles. The van der Waals surface area contributed by atoms with E-state index in [9.17, 15) is 4.39 Å². The topological polar surface area (TPSA) is 35.2 Å². The van der Waals surface area contributed by atoms with Crippen molar-refractivity contribution in [3.63, 3.8) is 0 Å². The van der Waals surface area contributed by atoms with Gasteiger partial charge in [0.15, 0.2) is 0 Å². The van der Waals surface area contributed by atoms with Crippen molar-refractivity contribution >= 4 is 17.2 Å². The minimum atomic E-state index is -0.270. The molecule has 0 saturated carbocycles. The van der Waals surface area contributed by atoms with Crippen LogP contribution in [0.2, 0.25) is 0 Å². The molecule has 0 fully saturated rings. The second-order valence-corrected chi connectivity index (χ2v) is 4.66. The summed E-state index contributed by atoms with van der Waals surface area (Å²) in [5.41, 5.74) is 8.14. The lowest BCUT2D eigenvalue weighted by Crippen LogP contribution is -2.13. The lowest BCUT2D eigenvalue weighted by molar-refractivity contribution is 0.303. The molecule has 2 N–H and O–H groups in total. The third kappa shape index (κ3) is 3.29. The minimum Gasteiger partial charge on any atom is -0.489 e. The third-order valence-electron chi connectivity index (χ3n) is 2.80. The average Bonchev–Trinajstić information content (AvgIpc) is 2.38. The van der Waals surface area contributed by atoms with E-state index in [2.05, 4.69) is 0 Å². The van der Waals surface area contributed by atoms with Gasteiger partial charge in [0.05, 0.1) is 0 Å². The predicted octanol–water partition coefficient (Wildman–Crippen LogP) is 3.35. The van der Waals surface area contributed by atoms with Crippen molar-refractivity contribution in [2.45, 2.75) is 13.5 Å². The van der Waals surface area contributed by atoms with Gasteiger partial charge in [-0.1, -0.05) is 36.5 Å². The Kier molecular flexibility index (Phi) is 4.12. The van der Waals surface area contributed by atoms with Crippen molar-refractivity contribution in [3.8, 4) is 5.75 Å². The smallest absolute Gasteiger partial charge is 0.123 e. The van der Waals surface area contributed by atoms with E-state index in [1.54, 1.807) is 13.0 Å². The first-order chi connectivity index (χ1) is 9.08. The van der Waals surface area contributed by atoms with Crippen LogP contribution in [0, 0.1) is 12.7 Å². The number of ether oxygens (including phenoxy) is 1. The fourth-order valence-electron chi connectivity index (χ4n) is 1.82. The van der Waals surface area contributed by atoms with Crippen molar-refractivity contribution in [2.75, 3.05) is 0 Å². The molecule has 0 aliphatic rings. The molecular formula is C15H14FNOS. The molecule has 2 aromatic carbocycles. The summed E-state index contributed by atoms with van der Waals surface area (Å²) in [5, 5.41) is 0. The van der Waals surface area contributed by atoms with Crippen LogP contribution in [0.25, 0.3) is 0 Å². The lowest BCUT2D eigenvalue weighted by Gasteiger charge is -2.11. The second kappa shape index (κ2) is 5.80. The van der Waals surface area contributed by atoms with Crippen LogP contribution in [-0.4, -0.2) is 4.99 Å². The number of aryl methyl sites for hydroxylation is 1. The molecule has 0 aliphatic carbocycles. The van der Waals surface area contributed by atoms with Crippen LogP contribution >= 0.6 is 12.2 Å². The molecular weight excluding hydrogens is 261 g/mol. The van der Waals surface area contributed by atoms with E-state index in [-0.39, 0.29) is 5.82 Å². The molecule has 0 unspecified atom stereocenters. The van der Waals surface area contributed by atoms with E-state index in [0.717, 1.165) is 16.7 Å². The first kappa shape index (κ1) is 13.5. The van der Waals surface area contributed by atoms with Crippen LogP contribution in [0.3, 0.4) is 0 Å². The number of hydrogen-bond acceptors (Lipinski definition) is 2. The predicted molar refractivity (Wildman–Crippen MR) is 77.8 cm³/mol. The maximum atomic E-state index is 13.0. The van der Waals surface area contributed by atoms with E-state index in [0.29, 0.717) is 17.3 Å². The minimum absolute atomic E-state index is 0.270. The average molecular weight is 275 g/mol. The zero-order chi connectivity index (χ0) is 13.8. The summed E-state index contributed by atoms with van der Waals surface area (Å²) in [7, 11) is 0. The molecule has 0 heterocycles. The summed E-state index contributed by atoms with van der Waals surface area (Å²) >= 11 is 5.00. The van der Waals surface area contributed by atoms with Gasteiger partial charge < -0.3 is 10.5 Å². The van der Waals surface area contributed by atoms with E-state index in [1.165, 1.54) is 12.1 Å². The Hall–Kier alpha value is -1.94. The Morgan fingerprint density at radius 3 is 2.68 bits per heavy atom. The molecule has 2 aromatic rings. The van der Waals surface area contributed by atoms with Gasteiger partial charge in [-0.25, -0.2) is 4.39 Å². The van der Waals surface area contributed by atoms with Gasteiger partial charge in [-0.2, -0.15) is 0 Å². The van der Waals surface area contributed by atoms with Gasteiger partial charge in [-0.15, -0.1) is 0 Å². The lowest BCUT2D eigenvalue weighted by atomic mass is 10.1. The number of benzene rings is 2. The van der Waals surface area contributed by atoms with Gasteiger partial charge in [-0.3, -0.25) is 0 Å². The number of rotatable bonds is 4. The van der Waals surface area contributed by atoms with Gasteiger partial charge in [0.2, 0.25) is 0 Å². The van der Waals surface area contributed by atoms with Gasteiger partial charge in [-0.05, 0) is 36.2 Å². The molecule has 19 heavy (non-hydrogen) atoms. The second-order valence-electron chi connectivity index (χ2n) is 4.22. The van der Waals surface area contributed by atoms with Crippen LogP contribution in [-0.2, 0) is 6.61 Å². The van der Waals surface area contributed by atoms with Crippen molar-refractivity contribution < 1.29 is 9.13 Å². The van der Waals surface area contributed by atoms with Crippen LogP contribution in [0.4, 0.5) is 4.39 Å². The van der Waals surface area contributed by atoms with Crippen LogP contribution in [0.15, 0.2) is 42.5 Å². The normalized spacial score (nSPS) is 10.2. The molecule has 98 valence electrons. The monoisotopic (exact) mass is 275 g/mol. The molecule has 0 aromatic heterocycles. The summed E-state index contributed by atoms with van der Waals surface area (Å²) in [6.07, 6.45) is 0. The molecule has 0 atom stereocenters. The Bertz CT molecular complexity index is 613. The van der Waals surface area contributed by atoms with Crippen LogP contribution < -0.4 is 10.5 Å². The zero-order valence-electron chi connectivity index (χ0n) is 10.5. The van der Waals surface area contributed by atoms with Crippen molar-refractivity contribution in [2.24, 2.45) is 5.73 Å². The fraction of sp³-hybridized carbons (Fsp3) is 0.133. The Balaban J connectivity index is 2.17. The van der Waals surface area contributed by atoms with Crippen molar-refractivity contribution in [3.05, 3.63) is 65.0 Å². The van der Waals surface area contributed by atoms with Crippen molar-refractivity contribution in [1.82, 2.24) is 0 Å². The van der Waals surface area contributed by atoms with Gasteiger partial charge in [0, 0.05) is 5.56 Å². The number of hydrogen-bond donors (Lipinski definition) is 1. The summed E-state index contributed by atoms with van der Waals surface area (Å²) in [6, 6.07) is 12.0. The number of halogens is 1. The highest BCUT2D eigenvalue weighted by Gasteiger charge is 2.06. The largest absolute Gasteiger partial charge is 0.489 e. The molecule has 2 rings (SSSR count). The first-order valence-electron chi connectivity index (χ1n) is 5.84. The van der Waals surface area contributed by atoms with E-state index in [4.69, 9.17) is 22.7 Å². The van der Waals surface area contributed by atoms with Gasteiger partial charge in [0.25, 0.3) is 0 Å². The molecule has 0 amide bonds. The third-order valence-corrected chi connectivity index (χ3v) is 3.02. The summed E-state index contributed by atoms with van der Waals surface area (Å²) in [6.45, 7) is 2.15. The maximum Gasteiger partial charge on any atom is 0.123 e. The number of thiocarbonyl (C=S) groups is 1. The van der Waals surface area contributed by atoms with Crippen LogP contribution in [0.1, 0.15) is 16.7 Å². The molecule has 0 spiro atoms. The summed E-state index contributed by atoms with van der Waals surface area (Å²) in [4.78, 5) is 0.343. The molecule has 4 heteroatoms. The first-order valence-corrected chi connectivity index (χ1v) is 6.25. The molecule has 2 nitrogen and oxygen atoms in total. The fourth-order valence-corrected chi connectivity index (χ4v) is 2.02. The molecule has 0 bridgehead atoms. The summed E-state index contributed by atoms with van der Waals surface area (Å²) < 4.78 is 18.7. The SMILES string of the molecule is Cc1cc(F)ccc1OCc1ccccc1C(N)=S. The molecule has 0 radical (unpaired) electrons. The van der Waals surface area contributed by atoms with Gasteiger partial charge in [0.1, 0.15) is 23.2 Å². The number of nitrogens with two attached hydrogens (primary N) is 1. The highest BCUT2D eigenvalue weighted by molar-refractivity contribution is 7.80. The maximum absolute atomic E-state index is 13.0. The van der Waals surface area contributed by atoms with E-state index >= 15 is 0 Å². The molecule has 0 aliphatic heterocycles. The highest BCUT2D eigenvalue weighted by Crippen LogP contribution is 2.20. The van der Waals surface area contributed by atoms with Crippen LogP contribution in [0.5, 0.6) is 5.75 Å². The standard InChI is InChI=1S/C15H14FNOS/c1-10-8-12(16)6-7-14(10)18-9-11-4-2-3-5-13(11)15(17)19/h2-8H,9H2,1H3,(H2,17,19). The van der Waals surface area contributed by atoms with E-state index < -0.39 is 0 Å². The quantitative estimate of drug-likeness (QED) is 0.869. The Labute approximate surface area is 117 Å².